The highest BCUT2D eigenvalue weighted by Crippen LogP contribution is 2.14. The lowest BCUT2D eigenvalue weighted by Gasteiger charge is -2.28. The van der Waals surface area contributed by atoms with E-state index in [2.05, 4.69) is 5.32 Å². The minimum absolute atomic E-state index is 0.115. The third-order valence-corrected chi connectivity index (χ3v) is 2.42. The fraction of sp³-hybridized carbons (Fsp3) is 0.909. The second kappa shape index (κ2) is 7.60. The molecule has 0 aromatic heterocycles. The molecule has 96 valence electrons. The van der Waals surface area contributed by atoms with Crippen LogP contribution in [0.3, 0.4) is 0 Å². The van der Waals surface area contributed by atoms with Gasteiger partial charge in [0.1, 0.15) is 5.54 Å². The van der Waals surface area contributed by atoms with Gasteiger partial charge in [0.25, 0.3) is 0 Å². The maximum atomic E-state index is 11.1. The van der Waals surface area contributed by atoms with Crippen LogP contribution < -0.4 is 5.32 Å². The Morgan fingerprint density at radius 1 is 1.50 bits per heavy atom. The first-order valence-corrected chi connectivity index (χ1v) is 5.55. The van der Waals surface area contributed by atoms with Crippen LogP contribution in [0.5, 0.6) is 0 Å². The normalized spacial score (nSPS) is 16.8. The van der Waals surface area contributed by atoms with Crippen molar-refractivity contribution in [3.8, 4) is 0 Å². The highest BCUT2D eigenvalue weighted by molar-refractivity contribution is 5.78. The second-order valence-corrected chi connectivity index (χ2v) is 4.05. The summed E-state index contributed by atoms with van der Waals surface area (Å²) in [5.74, 6) is -0.850. The van der Waals surface area contributed by atoms with Gasteiger partial charge < -0.3 is 19.9 Å². The van der Waals surface area contributed by atoms with Gasteiger partial charge in [-0.15, -0.1) is 0 Å². The van der Waals surface area contributed by atoms with Crippen molar-refractivity contribution in [2.45, 2.75) is 38.8 Å². The Morgan fingerprint density at radius 2 is 2.12 bits per heavy atom. The van der Waals surface area contributed by atoms with Crippen LogP contribution in [0, 0.1) is 0 Å². The lowest BCUT2D eigenvalue weighted by molar-refractivity contribution is -0.146. The smallest absolute Gasteiger partial charge is 0.323 e. The monoisotopic (exact) mass is 233 g/mol. The largest absolute Gasteiger partial charge is 0.480 e. The van der Waals surface area contributed by atoms with E-state index in [0.29, 0.717) is 26.2 Å². The molecule has 0 aromatic carbocycles. The second-order valence-electron chi connectivity index (χ2n) is 4.05. The summed E-state index contributed by atoms with van der Waals surface area (Å²) in [6, 6.07) is 0. The van der Waals surface area contributed by atoms with E-state index in [1.807, 2.05) is 13.8 Å². The van der Waals surface area contributed by atoms with E-state index in [9.17, 15) is 4.79 Å². The van der Waals surface area contributed by atoms with Crippen LogP contribution in [0.15, 0.2) is 0 Å². The van der Waals surface area contributed by atoms with Gasteiger partial charge in [-0.2, -0.15) is 0 Å². The van der Waals surface area contributed by atoms with Crippen LogP contribution in [0.4, 0.5) is 0 Å². The molecular formula is C11H23NO4. The van der Waals surface area contributed by atoms with Crippen molar-refractivity contribution in [1.82, 2.24) is 5.32 Å². The summed E-state index contributed by atoms with van der Waals surface area (Å²) in [5, 5.41) is 12.1. The van der Waals surface area contributed by atoms with E-state index >= 15 is 0 Å². The van der Waals surface area contributed by atoms with Crippen molar-refractivity contribution in [3.05, 3.63) is 0 Å². The van der Waals surface area contributed by atoms with Gasteiger partial charge in [0.2, 0.25) is 0 Å². The van der Waals surface area contributed by atoms with Gasteiger partial charge in [-0.1, -0.05) is 6.92 Å². The molecule has 2 unspecified atom stereocenters. The zero-order valence-corrected chi connectivity index (χ0v) is 10.6. The molecule has 0 aromatic rings. The number of rotatable bonds is 9. The quantitative estimate of drug-likeness (QED) is 0.579. The minimum atomic E-state index is -0.929. The number of ether oxygens (including phenoxy) is 2. The SMILES string of the molecule is CCNC(C)(CC(C)OCCOC)C(=O)O. The van der Waals surface area contributed by atoms with Crippen molar-refractivity contribution in [3.63, 3.8) is 0 Å². The first kappa shape index (κ1) is 15.3. The molecule has 0 heterocycles. The fourth-order valence-corrected chi connectivity index (χ4v) is 1.59. The summed E-state index contributed by atoms with van der Waals surface area (Å²) < 4.78 is 10.3. The number of hydrogen-bond donors (Lipinski definition) is 2. The summed E-state index contributed by atoms with van der Waals surface area (Å²) >= 11 is 0. The van der Waals surface area contributed by atoms with Crippen molar-refractivity contribution in [1.29, 1.82) is 0 Å². The van der Waals surface area contributed by atoms with Gasteiger partial charge in [0.15, 0.2) is 0 Å². The summed E-state index contributed by atoms with van der Waals surface area (Å²) in [6.45, 7) is 7.06. The van der Waals surface area contributed by atoms with Crippen LogP contribution in [0.1, 0.15) is 27.2 Å². The van der Waals surface area contributed by atoms with E-state index in [1.165, 1.54) is 0 Å². The molecule has 5 heteroatoms. The van der Waals surface area contributed by atoms with Crippen molar-refractivity contribution >= 4 is 5.97 Å². The molecule has 16 heavy (non-hydrogen) atoms. The number of carbonyl (C=O) groups is 1. The average molecular weight is 233 g/mol. The molecule has 5 nitrogen and oxygen atoms in total. The molecule has 0 spiro atoms. The number of carboxylic acid groups (broad SMARTS) is 1. The van der Waals surface area contributed by atoms with Gasteiger partial charge in [-0.3, -0.25) is 4.79 Å². The molecule has 0 saturated heterocycles. The summed E-state index contributed by atoms with van der Waals surface area (Å²) in [5.41, 5.74) is -0.929. The lowest BCUT2D eigenvalue weighted by Crippen LogP contribution is -2.51. The molecule has 0 bridgehead atoms. The number of nitrogens with one attached hydrogen (secondary N) is 1. The predicted octanol–water partition coefficient (Wildman–Crippen LogP) is 0.881. The molecule has 0 radical (unpaired) electrons. The van der Waals surface area contributed by atoms with E-state index < -0.39 is 11.5 Å². The topological polar surface area (TPSA) is 67.8 Å². The third kappa shape index (κ3) is 5.44. The maximum Gasteiger partial charge on any atom is 0.323 e. The summed E-state index contributed by atoms with van der Waals surface area (Å²) in [6.07, 6.45) is 0.315. The van der Waals surface area contributed by atoms with Gasteiger partial charge in [-0.05, 0) is 20.4 Å². The van der Waals surface area contributed by atoms with E-state index in [-0.39, 0.29) is 6.10 Å². The number of aliphatic carboxylic acids is 1. The van der Waals surface area contributed by atoms with E-state index in [4.69, 9.17) is 14.6 Å². The number of hydrogen-bond acceptors (Lipinski definition) is 4. The van der Waals surface area contributed by atoms with Crippen LogP contribution in [0.2, 0.25) is 0 Å². The number of likely N-dealkylation sites (N-methyl/N-ethyl adjacent to an activating group) is 1. The number of methoxy groups -OCH3 is 1. The molecule has 0 saturated carbocycles. The molecule has 0 fully saturated rings. The highest BCUT2D eigenvalue weighted by Gasteiger charge is 2.33. The van der Waals surface area contributed by atoms with Crippen LogP contribution in [-0.2, 0) is 14.3 Å². The van der Waals surface area contributed by atoms with Crippen molar-refractivity contribution in [2.24, 2.45) is 0 Å². The molecule has 2 N–H and O–H groups in total. The number of carboxylic acids is 1. The zero-order chi connectivity index (χ0) is 12.6. The molecule has 2 atom stereocenters. The first-order valence-electron chi connectivity index (χ1n) is 5.55. The van der Waals surface area contributed by atoms with Gasteiger partial charge in [-0.25, -0.2) is 0 Å². The highest BCUT2D eigenvalue weighted by atomic mass is 16.5. The Bertz CT molecular complexity index is 210. The van der Waals surface area contributed by atoms with Crippen molar-refractivity contribution < 1.29 is 19.4 Å². The Balaban J connectivity index is 4.13. The Hall–Kier alpha value is -0.650. The zero-order valence-electron chi connectivity index (χ0n) is 10.6. The standard InChI is InChI=1S/C11H23NO4/c1-5-12-11(3,10(13)14)8-9(2)16-7-6-15-4/h9,12H,5-8H2,1-4H3,(H,13,14). The van der Waals surface area contributed by atoms with Crippen molar-refractivity contribution in [2.75, 3.05) is 26.9 Å². The summed E-state index contributed by atoms with van der Waals surface area (Å²) in [7, 11) is 1.61. The van der Waals surface area contributed by atoms with Crippen LogP contribution in [0.25, 0.3) is 0 Å². The third-order valence-electron chi connectivity index (χ3n) is 2.42. The summed E-state index contributed by atoms with van der Waals surface area (Å²) in [4.78, 5) is 11.1. The molecular weight excluding hydrogens is 210 g/mol. The fourth-order valence-electron chi connectivity index (χ4n) is 1.59. The molecule has 0 rings (SSSR count). The molecule has 0 aliphatic heterocycles. The molecule has 0 aliphatic carbocycles. The van der Waals surface area contributed by atoms with E-state index in [0.717, 1.165) is 0 Å². The molecule has 0 aliphatic rings. The molecule has 0 amide bonds. The Kier molecular flexibility index (Phi) is 7.29. The van der Waals surface area contributed by atoms with Gasteiger partial charge in [0, 0.05) is 13.5 Å². The average Bonchev–Trinajstić information content (AvgIpc) is 2.18. The lowest BCUT2D eigenvalue weighted by atomic mass is 9.95. The Labute approximate surface area is 97.1 Å². The van der Waals surface area contributed by atoms with E-state index in [1.54, 1.807) is 14.0 Å². The first-order chi connectivity index (χ1) is 7.46. The maximum absolute atomic E-state index is 11.1. The predicted molar refractivity (Wildman–Crippen MR) is 61.6 cm³/mol. The van der Waals surface area contributed by atoms with Gasteiger partial charge >= 0.3 is 5.97 Å². The van der Waals surface area contributed by atoms with Crippen LogP contribution >= 0.6 is 0 Å². The van der Waals surface area contributed by atoms with Crippen LogP contribution in [-0.4, -0.2) is 49.6 Å². The minimum Gasteiger partial charge on any atom is -0.480 e. The Morgan fingerprint density at radius 3 is 2.56 bits per heavy atom. The van der Waals surface area contributed by atoms with Gasteiger partial charge in [0.05, 0.1) is 19.3 Å².